The van der Waals surface area contributed by atoms with Crippen LogP contribution in [-0.2, 0) is 13.0 Å². The van der Waals surface area contributed by atoms with Crippen molar-refractivity contribution in [2.75, 3.05) is 18.5 Å². The molecule has 0 radical (unpaired) electrons. The van der Waals surface area contributed by atoms with Crippen molar-refractivity contribution in [2.24, 2.45) is 0 Å². The number of H-pyrrole nitrogens is 1. The minimum atomic E-state index is -0.0708. The van der Waals surface area contributed by atoms with Gasteiger partial charge in [-0.05, 0) is 23.6 Å². The first kappa shape index (κ1) is 14.8. The van der Waals surface area contributed by atoms with Gasteiger partial charge in [0.05, 0.1) is 0 Å². The summed E-state index contributed by atoms with van der Waals surface area (Å²) in [7, 11) is 1.80. The Labute approximate surface area is 130 Å². The summed E-state index contributed by atoms with van der Waals surface area (Å²) >= 11 is 0. The van der Waals surface area contributed by atoms with E-state index in [1.807, 2.05) is 12.1 Å². The summed E-state index contributed by atoms with van der Waals surface area (Å²) in [4.78, 5) is 14.4. The van der Waals surface area contributed by atoms with E-state index in [4.69, 9.17) is 0 Å². The number of benzene rings is 1. The Hall–Kier alpha value is -2.14. The molecular formula is C17H22N4O. The van der Waals surface area contributed by atoms with Crippen LogP contribution < -0.4 is 10.2 Å². The molecular weight excluding hydrogens is 276 g/mol. The second kappa shape index (κ2) is 5.93. The van der Waals surface area contributed by atoms with Crippen molar-refractivity contribution in [3.63, 3.8) is 0 Å². The van der Waals surface area contributed by atoms with E-state index >= 15 is 0 Å². The normalized spacial score (nSPS) is 14.0. The first-order valence-corrected chi connectivity index (χ1v) is 7.72. The number of nitrogens with one attached hydrogen (secondary N) is 2. The van der Waals surface area contributed by atoms with Crippen LogP contribution in [0.5, 0.6) is 0 Å². The van der Waals surface area contributed by atoms with Crippen molar-refractivity contribution >= 4 is 11.6 Å². The van der Waals surface area contributed by atoms with Gasteiger partial charge in [-0.2, -0.15) is 5.10 Å². The molecule has 1 aromatic carbocycles. The van der Waals surface area contributed by atoms with Crippen LogP contribution >= 0.6 is 0 Å². The maximum Gasteiger partial charge on any atom is 0.278 e. The standard InChI is InChI=1S/C17H22N4O/c1-11(2)12-4-6-13(7-5-12)21(3)17(22)16-14-10-18-9-8-15(14)19-20-16/h4-7,11,18H,8-10H2,1-3H3,(H,19,20). The van der Waals surface area contributed by atoms with Gasteiger partial charge in [-0.1, -0.05) is 26.0 Å². The monoisotopic (exact) mass is 298 g/mol. The van der Waals surface area contributed by atoms with Crippen molar-refractivity contribution in [2.45, 2.75) is 32.7 Å². The highest BCUT2D eigenvalue weighted by molar-refractivity contribution is 6.05. The van der Waals surface area contributed by atoms with E-state index in [1.165, 1.54) is 5.56 Å². The largest absolute Gasteiger partial charge is 0.312 e. The van der Waals surface area contributed by atoms with E-state index in [0.29, 0.717) is 18.2 Å². The SMILES string of the molecule is CC(C)c1ccc(N(C)C(=O)c2n[nH]c3c2CNCC3)cc1. The van der Waals surface area contributed by atoms with Crippen LogP contribution in [0.15, 0.2) is 24.3 Å². The zero-order valence-corrected chi connectivity index (χ0v) is 13.3. The van der Waals surface area contributed by atoms with Crippen LogP contribution in [0.1, 0.15) is 47.1 Å². The molecule has 0 bridgehead atoms. The summed E-state index contributed by atoms with van der Waals surface area (Å²) in [6.45, 7) is 5.95. The molecule has 0 aliphatic carbocycles. The fraction of sp³-hybridized carbons (Fsp3) is 0.412. The number of aromatic amines is 1. The van der Waals surface area contributed by atoms with E-state index in [0.717, 1.165) is 29.9 Å². The average molecular weight is 298 g/mol. The van der Waals surface area contributed by atoms with Crippen LogP contribution in [0, 0.1) is 0 Å². The van der Waals surface area contributed by atoms with Crippen molar-refractivity contribution in [3.05, 3.63) is 46.8 Å². The van der Waals surface area contributed by atoms with Gasteiger partial charge >= 0.3 is 0 Å². The highest BCUT2D eigenvalue weighted by atomic mass is 16.2. The third-order valence-corrected chi connectivity index (χ3v) is 4.26. The fourth-order valence-electron chi connectivity index (χ4n) is 2.76. The highest BCUT2D eigenvalue weighted by Crippen LogP contribution is 2.22. The number of rotatable bonds is 3. The van der Waals surface area contributed by atoms with Crippen LogP contribution in [0.3, 0.4) is 0 Å². The quantitative estimate of drug-likeness (QED) is 0.915. The molecule has 0 unspecified atom stereocenters. The summed E-state index contributed by atoms with van der Waals surface area (Å²) < 4.78 is 0. The van der Waals surface area contributed by atoms with Gasteiger partial charge in [0.2, 0.25) is 0 Å². The Morgan fingerprint density at radius 1 is 1.27 bits per heavy atom. The van der Waals surface area contributed by atoms with Crippen LogP contribution in [0.25, 0.3) is 0 Å². The van der Waals surface area contributed by atoms with Crippen molar-refractivity contribution in [1.82, 2.24) is 15.5 Å². The minimum Gasteiger partial charge on any atom is -0.312 e. The highest BCUT2D eigenvalue weighted by Gasteiger charge is 2.24. The maximum absolute atomic E-state index is 12.7. The fourth-order valence-corrected chi connectivity index (χ4v) is 2.76. The zero-order chi connectivity index (χ0) is 15.7. The Balaban J connectivity index is 1.84. The van der Waals surface area contributed by atoms with E-state index in [9.17, 15) is 4.79 Å². The Morgan fingerprint density at radius 2 is 2.00 bits per heavy atom. The molecule has 0 saturated carbocycles. The molecule has 1 aliphatic rings. The zero-order valence-electron chi connectivity index (χ0n) is 13.3. The molecule has 1 amide bonds. The molecule has 116 valence electrons. The third kappa shape index (κ3) is 2.64. The molecule has 1 aliphatic heterocycles. The van der Waals surface area contributed by atoms with Gasteiger partial charge in [-0.15, -0.1) is 0 Å². The smallest absolute Gasteiger partial charge is 0.278 e. The molecule has 0 saturated heterocycles. The minimum absolute atomic E-state index is 0.0708. The summed E-state index contributed by atoms with van der Waals surface area (Å²) in [6.07, 6.45) is 0.891. The second-order valence-corrected chi connectivity index (χ2v) is 6.07. The average Bonchev–Trinajstić information content (AvgIpc) is 2.97. The summed E-state index contributed by atoms with van der Waals surface area (Å²) in [5.74, 6) is 0.415. The molecule has 3 rings (SSSR count). The summed E-state index contributed by atoms with van der Waals surface area (Å²) in [5, 5.41) is 10.5. The molecule has 2 N–H and O–H groups in total. The molecule has 0 spiro atoms. The molecule has 22 heavy (non-hydrogen) atoms. The van der Waals surface area contributed by atoms with Crippen molar-refractivity contribution in [1.29, 1.82) is 0 Å². The van der Waals surface area contributed by atoms with Crippen molar-refractivity contribution < 1.29 is 4.79 Å². The van der Waals surface area contributed by atoms with Gasteiger partial charge in [0, 0.05) is 43.5 Å². The number of hydrogen-bond acceptors (Lipinski definition) is 3. The Kier molecular flexibility index (Phi) is 3.98. The third-order valence-electron chi connectivity index (χ3n) is 4.26. The van der Waals surface area contributed by atoms with Gasteiger partial charge in [-0.3, -0.25) is 9.89 Å². The lowest BCUT2D eigenvalue weighted by Gasteiger charge is -2.19. The lowest BCUT2D eigenvalue weighted by Crippen LogP contribution is -2.30. The summed E-state index contributed by atoms with van der Waals surface area (Å²) in [6, 6.07) is 8.13. The maximum atomic E-state index is 12.7. The number of hydrogen-bond donors (Lipinski definition) is 2. The Bertz CT molecular complexity index is 672. The van der Waals surface area contributed by atoms with Crippen LogP contribution in [0.4, 0.5) is 5.69 Å². The summed E-state index contributed by atoms with van der Waals surface area (Å²) in [5.41, 5.74) is 4.76. The predicted molar refractivity (Wildman–Crippen MR) is 87.3 cm³/mol. The van der Waals surface area contributed by atoms with E-state index in [1.54, 1.807) is 11.9 Å². The van der Waals surface area contributed by atoms with Gasteiger partial charge in [0.25, 0.3) is 5.91 Å². The first-order valence-electron chi connectivity index (χ1n) is 7.72. The second-order valence-electron chi connectivity index (χ2n) is 6.07. The number of amides is 1. The molecule has 0 fully saturated rings. The molecule has 2 aromatic rings. The predicted octanol–water partition coefficient (Wildman–Crippen LogP) is 2.46. The van der Waals surface area contributed by atoms with Crippen LogP contribution in [0.2, 0.25) is 0 Å². The molecule has 0 atom stereocenters. The first-order chi connectivity index (χ1) is 10.6. The number of aromatic nitrogens is 2. The molecule has 5 heteroatoms. The lowest BCUT2D eigenvalue weighted by molar-refractivity contribution is 0.0987. The lowest BCUT2D eigenvalue weighted by atomic mass is 10.0. The van der Waals surface area contributed by atoms with Gasteiger partial charge < -0.3 is 10.2 Å². The number of anilines is 1. The number of carbonyl (C=O) groups is 1. The van der Waals surface area contributed by atoms with E-state index < -0.39 is 0 Å². The van der Waals surface area contributed by atoms with Gasteiger partial charge in [-0.25, -0.2) is 0 Å². The van der Waals surface area contributed by atoms with E-state index in [-0.39, 0.29) is 5.91 Å². The number of fused-ring (bicyclic) bond motifs is 1. The van der Waals surface area contributed by atoms with Gasteiger partial charge in [0.1, 0.15) is 0 Å². The topological polar surface area (TPSA) is 61.0 Å². The Morgan fingerprint density at radius 3 is 2.68 bits per heavy atom. The molecule has 1 aromatic heterocycles. The van der Waals surface area contributed by atoms with Crippen molar-refractivity contribution in [3.8, 4) is 0 Å². The van der Waals surface area contributed by atoms with E-state index in [2.05, 4.69) is 41.5 Å². The number of nitrogens with zero attached hydrogens (tertiary/aromatic N) is 2. The number of carbonyl (C=O) groups excluding carboxylic acids is 1. The van der Waals surface area contributed by atoms with Gasteiger partial charge in [0.15, 0.2) is 5.69 Å². The molecule has 5 nitrogen and oxygen atoms in total. The molecule has 2 heterocycles. The van der Waals surface area contributed by atoms with Crippen LogP contribution in [-0.4, -0.2) is 29.7 Å².